The molecular weight excluding hydrogens is 414 g/mol. The Labute approximate surface area is 193 Å². The summed E-state index contributed by atoms with van der Waals surface area (Å²) in [5.74, 6) is 0.391. The number of carbonyl (C=O) groups is 1. The zero-order valence-electron chi connectivity index (χ0n) is 18.9. The van der Waals surface area contributed by atoms with Crippen molar-refractivity contribution in [1.82, 2.24) is 14.7 Å². The number of hydrogen-bond acceptors (Lipinski definition) is 5. The van der Waals surface area contributed by atoms with E-state index in [-0.39, 0.29) is 5.91 Å². The van der Waals surface area contributed by atoms with Gasteiger partial charge in [0.25, 0.3) is 5.91 Å². The van der Waals surface area contributed by atoms with E-state index in [1.807, 2.05) is 48.5 Å². The van der Waals surface area contributed by atoms with E-state index in [0.717, 1.165) is 43.1 Å². The van der Waals surface area contributed by atoms with Gasteiger partial charge in [0, 0.05) is 43.6 Å². The summed E-state index contributed by atoms with van der Waals surface area (Å²) in [6.07, 6.45) is 1.60. The number of nitrogens with zero attached hydrogens (tertiary/aromatic N) is 4. The first-order valence-electron chi connectivity index (χ1n) is 11.1. The van der Waals surface area contributed by atoms with E-state index in [1.165, 1.54) is 5.69 Å². The molecule has 7 heteroatoms. The van der Waals surface area contributed by atoms with Crippen molar-refractivity contribution < 1.29 is 9.21 Å². The molecule has 0 spiro atoms. The fraction of sp³-hybridized carbons (Fsp3) is 0.231. The number of likely N-dealkylation sites (N-methyl/N-ethyl adjacent to an activating group) is 1. The van der Waals surface area contributed by atoms with Crippen molar-refractivity contribution in [1.29, 1.82) is 0 Å². The molecule has 1 N–H and O–H groups in total. The average molecular weight is 442 g/mol. The van der Waals surface area contributed by atoms with Gasteiger partial charge in [-0.3, -0.25) is 4.79 Å². The molecule has 0 bridgehead atoms. The quantitative estimate of drug-likeness (QED) is 0.496. The van der Waals surface area contributed by atoms with E-state index >= 15 is 0 Å². The summed E-state index contributed by atoms with van der Waals surface area (Å²) in [6, 6.07) is 21.1. The SMILES string of the molecule is Cc1cc(NC(=O)c2cc(-c3ccco3)nn2-c2ccccc2)ccc1N1CCN(C)CC1. The lowest BCUT2D eigenvalue weighted by molar-refractivity contribution is 0.101. The predicted molar refractivity (Wildman–Crippen MR) is 130 cm³/mol. The van der Waals surface area contributed by atoms with Crippen LogP contribution in [-0.2, 0) is 0 Å². The van der Waals surface area contributed by atoms with Crippen molar-refractivity contribution in [3.63, 3.8) is 0 Å². The molecule has 1 amide bonds. The number of benzene rings is 2. The number of anilines is 2. The van der Waals surface area contributed by atoms with E-state index in [9.17, 15) is 4.79 Å². The number of aryl methyl sites for hydroxylation is 1. The van der Waals surface area contributed by atoms with Crippen molar-refractivity contribution in [2.75, 3.05) is 43.4 Å². The summed E-state index contributed by atoms with van der Waals surface area (Å²) in [4.78, 5) is 18.1. The van der Waals surface area contributed by atoms with Gasteiger partial charge in [-0.2, -0.15) is 5.10 Å². The minimum atomic E-state index is -0.226. The Bertz CT molecular complexity index is 1240. The molecule has 2 aromatic heterocycles. The highest BCUT2D eigenvalue weighted by atomic mass is 16.3. The largest absolute Gasteiger partial charge is 0.463 e. The molecule has 0 aliphatic carbocycles. The number of aromatic nitrogens is 2. The third-order valence-corrected chi connectivity index (χ3v) is 6.02. The fourth-order valence-corrected chi connectivity index (χ4v) is 4.18. The number of carbonyl (C=O) groups excluding carboxylic acids is 1. The Kier molecular flexibility index (Phi) is 5.71. The summed E-state index contributed by atoms with van der Waals surface area (Å²) in [6.45, 7) is 6.22. The maximum Gasteiger partial charge on any atom is 0.274 e. The van der Waals surface area contributed by atoms with Gasteiger partial charge in [-0.1, -0.05) is 18.2 Å². The number of para-hydroxylation sites is 1. The van der Waals surface area contributed by atoms with Crippen molar-refractivity contribution in [3.8, 4) is 17.1 Å². The van der Waals surface area contributed by atoms with Gasteiger partial charge < -0.3 is 19.5 Å². The van der Waals surface area contributed by atoms with Crippen molar-refractivity contribution in [2.24, 2.45) is 0 Å². The van der Waals surface area contributed by atoms with Crippen molar-refractivity contribution >= 4 is 17.3 Å². The molecule has 1 aliphatic heterocycles. The summed E-state index contributed by atoms with van der Waals surface area (Å²) < 4.78 is 7.15. The van der Waals surface area contributed by atoms with E-state index in [0.29, 0.717) is 17.1 Å². The summed E-state index contributed by atoms with van der Waals surface area (Å²) in [5.41, 5.74) is 4.97. The van der Waals surface area contributed by atoms with Gasteiger partial charge in [0.2, 0.25) is 0 Å². The number of rotatable bonds is 5. The van der Waals surface area contributed by atoms with Crippen LogP contribution in [0.2, 0.25) is 0 Å². The summed E-state index contributed by atoms with van der Waals surface area (Å²) in [5, 5.41) is 7.68. The number of piperazine rings is 1. The van der Waals surface area contributed by atoms with Gasteiger partial charge in [0.05, 0.1) is 12.0 Å². The lowest BCUT2D eigenvalue weighted by Crippen LogP contribution is -2.44. The molecule has 0 unspecified atom stereocenters. The fourth-order valence-electron chi connectivity index (χ4n) is 4.18. The highest BCUT2D eigenvalue weighted by molar-refractivity contribution is 6.04. The second-order valence-corrected chi connectivity index (χ2v) is 8.39. The van der Waals surface area contributed by atoms with E-state index in [2.05, 4.69) is 40.3 Å². The molecule has 5 rings (SSSR count). The molecule has 2 aromatic carbocycles. The average Bonchev–Trinajstić information content (AvgIpc) is 3.51. The second-order valence-electron chi connectivity index (χ2n) is 8.39. The zero-order chi connectivity index (χ0) is 22.8. The Morgan fingerprint density at radius 3 is 2.45 bits per heavy atom. The first kappa shape index (κ1) is 21.0. The van der Waals surface area contributed by atoms with Crippen LogP contribution < -0.4 is 10.2 Å². The van der Waals surface area contributed by atoms with Gasteiger partial charge in [0.15, 0.2) is 5.76 Å². The van der Waals surface area contributed by atoms with Gasteiger partial charge >= 0.3 is 0 Å². The molecule has 1 saturated heterocycles. The summed E-state index contributed by atoms with van der Waals surface area (Å²) >= 11 is 0. The molecule has 1 aliphatic rings. The third kappa shape index (κ3) is 4.40. The van der Waals surface area contributed by atoms with Crippen LogP contribution in [0.1, 0.15) is 16.1 Å². The van der Waals surface area contributed by atoms with Crippen LogP contribution in [0.15, 0.2) is 77.4 Å². The van der Waals surface area contributed by atoms with Crippen molar-refractivity contribution in [2.45, 2.75) is 6.92 Å². The molecule has 0 atom stereocenters. The molecule has 33 heavy (non-hydrogen) atoms. The van der Waals surface area contributed by atoms with Crippen LogP contribution >= 0.6 is 0 Å². The van der Waals surface area contributed by atoms with Gasteiger partial charge in [-0.25, -0.2) is 4.68 Å². The topological polar surface area (TPSA) is 66.5 Å². The van der Waals surface area contributed by atoms with Crippen molar-refractivity contribution in [3.05, 3.63) is 84.3 Å². The highest BCUT2D eigenvalue weighted by Gasteiger charge is 2.20. The molecular formula is C26H27N5O2. The maximum atomic E-state index is 13.3. The Morgan fingerprint density at radius 2 is 1.76 bits per heavy atom. The first-order valence-corrected chi connectivity index (χ1v) is 11.1. The monoisotopic (exact) mass is 441 g/mol. The molecule has 4 aromatic rings. The van der Waals surface area contributed by atoms with Crippen LogP contribution in [0, 0.1) is 6.92 Å². The Morgan fingerprint density at radius 1 is 0.970 bits per heavy atom. The second kappa shape index (κ2) is 8.96. The standard InChI is InChI=1S/C26H27N5O2/c1-19-17-20(10-11-23(19)30-14-12-29(2)13-15-30)27-26(32)24-18-22(25-9-6-16-33-25)28-31(24)21-7-4-3-5-8-21/h3-11,16-18H,12-15H2,1-2H3,(H,27,32). The molecule has 3 heterocycles. The predicted octanol–water partition coefficient (Wildman–Crippen LogP) is 4.44. The molecule has 1 fully saturated rings. The van der Waals surface area contributed by atoms with E-state index < -0.39 is 0 Å². The number of amides is 1. The number of nitrogens with one attached hydrogen (secondary N) is 1. The summed E-state index contributed by atoms with van der Waals surface area (Å²) in [7, 11) is 2.15. The van der Waals surface area contributed by atoms with Crippen LogP contribution in [0.25, 0.3) is 17.1 Å². The number of hydrogen-bond donors (Lipinski definition) is 1. The third-order valence-electron chi connectivity index (χ3n) is 6.02. The highest BCUT2D eigenvalue weighted by Crippen LogP contribution is 2.26. The Hall–Kier alpha value is -3.84. The van der Waals surface area contributed by atoms with Gasteiger partial charge in [0.1, 0.15) is 11.4 Å². The first-order chi connectivity index (χ1) is 16.1. The molecule has 0 saturated carbocycles. The minimum Gasteiger partial charge on any atom is -0.463 e. The van der Waals surface area contributed by atoms with Crippen LogP contribution in [0.5, 0.6) is 0 Å². The lowest BCUT2D eigenvalue weighted by Gasteiger charge is -2.35. The normalized spacial score (nSPS) is 14.4. The molecule has 0 radical (unpaired) electrons. The number of furan rings is 1. The van der Waals surface area contributed by atoms with Crippen LogP contribution in [0.3, 0.4) is 0 Å². The molecule has 7 nitrogen and oxygen atoms in total. The van der Waals surface area contributed by atoms with E-state index in [1.54, 1.807) is 23.1 Å². The molecule has 168 valence electrons. The Balaban J connectivity index is 1.41. The van der Waals surface area contributed by atoms with Crippen LogP contribution in [0.4, 0.5) is 11.4 Å². The van der Waals surface area contributed by atoms with E-state index in [4.69, 9.17) is 4.42 Å². The lowest BCUT2D eigenvalue weighted by atomic mass is 10.1. The van der Waals surface area contributed by atoms with Gasteiger partial charge in [-0.05, 0) is 62.0 Å². The van der Waals surface area contributed by atoms with Crippen LogP contribution in [-0.4, -0.2) is 53.8 Å². The smallest absolute Gasteiger partial charge is 0.274 e. The minimum absolute atomic E-state index is 0.226. The van der Waals surface area contributed by atoms with Gasteiger partial charge in [-0.15, -0.1) is 0 Å². The maximum absolute atomic E-state index is 13.3. The zero-order valence-corrected chi connectivity index (χ0v) is 18.9.